The molecule has 0 aliphatic heterocycles. The number of nitrogens with one attached hydrogen (secondary N) is 1. The highest BCUT2D eigenvalue weighted by Crippen LogP contribution is 2.40. The monoisotopic (exact) mass is 437 g/mol. The van der Waals surface area contributed by atoms with Crippen molar-refractivity contribution >= 4 is 45.0 Å². The summed E-state index contributed by atoms with van der Waals surface area (Å²) in [5.41, 5.74) is 0.432. The molecule has 1 fully saturated rings. The van der Waals surface area contributed by atoms with Crippen LogP contribution in [0.2, 0.25) is 0 Å². The van der Waals surface area contributed by atoms with Crippen molar-refractivity contribution < 1.29 is 9.72 Å². The number of nitrogens with zero attached hydrogens (tertiary/aromatic N) is 4. The molecule has 3 rings (SSSR count). The molecule has 1 heterocycles. The molecule has 0 atom stereocenters. The third kappa shape index (κ3) is 4.31. The van der Waals surface area contributed by atoms with Gasteiger partial charge in [0.1, 0.15) is 5.82 Å². The fraction of sp³-hybridized carbons (Fsp3) is 0.312. The first kappa shape index (κ1) is 18.6. The molecule has 1 aromatic heterocycles. The van der Waals surface area contributed by atoms with E-state index >= 15 is 0 Å². The molecule has 0 spiro atoms. The van der Waals surface area contributed by atoms with Crippen molar-refractivity contribution in [2.75, 3.05) is 11.1 Å². The highest BCUT2D eigenvalue weighted by molar-refractivity contribution is 9.10. The number of anilines is 1. The molecule has 2 aromatic rings. The number of non-ortho nitro benzene ring substituents is 1. The Labute approximate surface area is 162 Å². The lowest BCUT2D eigenvalue weighted by atomic mass is 10.3. The number of nitro groups is 1. The van der Waals surface area contributed by atoms with E-state index in [9.17, 15) is 14.9 Å². The van der Waals surface area contributed by atoms with E-state index in [1.807, 2.05) is 4.57 Å². The summed E-state index contributed by atoms with van der Waals surface area (Å²) >= 11 is 4.54. The van der Waals surface area contributed by atoms with Gasteiger partial charge in [-0.05, 0) is 34.8 Å². The normalized spacial score (nSPS) is 13.4. The molecule has 1 aliphatic carbocycles. The molecule has 26 heavy (non-hydrogen) atoms. The Morgan fingerprint density at radius 3 is 2.88 bits per heavy atom. The summed E-state index contributed by atoms with van der Waals surface area (Å²) in [5, 5.41) is 22.6. The lowest BCUT2D eigenvalue weighted by molar-refractivity contribution is -0.384. The number of carbonyl (C=O) groups excluding carboxylic acids is 1. The first-order valence-corrected chi connectivity index (χ1v) is 9.68. The van der Waals surface area contributed by atoms with Gasteiger partial charge in [0, 0.05) is 29.1 Å². The minimum atomic E-state index is -0.490. The molecule has 1 saturated carbocycles. The van der Waals surface area contributed by atoms with Gasteiger partial charge in [-0.1, -0.05) is 17.8 Å². The third-order valence-corrected chi connectivity index (χ3v) is 5.39. The van der Waals surface area contributed by atoms with E-state index < -0.39 is 4.92 Å². The zero-order valence-electron chi connectivity index (χ0n) is 13.7. The first-order valence-electron chi connectivity index (χ1n) is 7.90. The average Bonchev–Trinajstić information content (AvgIpc) is 3.37. The van der Waals surface area contributed by atoms with Crippen molar-refractivity contribution in [2.45, 2.75) is 30.5 Å². The van der Waals surface area contributed by atoms with E-state index in [0.717, 1.165) is 18.7 Å². The third-order valence-electron chi connectivity index (χ3n) is 3.77. The molecule has 0 unspecified atom stereocenters. The molecular weight excluding hydrogens is 422 g/mol. The summed E-state index contributed by atoms with van der Waals surface area (Å²) in [7, 11) is 0. The van der Waals surface area contributed by atoms with Crippen LogP contribution >= 0.6 is 27.7 Å². The maximum absolute atomic E-state index is 12.2. The Morgan fingerprint density at radius 1 is 1.50 bits per heavy atom. The van der Waals surface area contributed by atoms with Gasteiger partial charge in [-0.3, -0.25) is 14.9 Å². The predicted molar refractivity (Wildman–Crippen MR) is 102 cm³/mol. The number of thioether (sulfide) groups is 1. The number of aromatic nitrogens is 3. The summed E-state index contributed by atoms with van der Waals surface area (Å²) in [5.74, 6) is 1.34. The van der Waals surface area contributed by atoms with Crippen molar-refractivity contribution in [3.8, 4) is 0 Å². The van der Waals surface area contributed by atoms with Gasteiger partial charge in [0.25, 0.3) is 5.69 Å². The highest BCUT2D eigenvalue weighted by atomic mass is 79.9. The van der Waals surface area contributed by atoms with E-state index in [1.165, 1.54) is 30.0 Å². The van der Waals surface area contributed by atoms with Crippen LogP contribution in [0.4, 0.5) is 11.4 Å². The summed E-state index contributed by atoms with van der Waals surface area (Å²) in [6.45, 7) is 4.37. The van der Waals surface area contributed by atoms with Crippen molar-refractivity contribution in [3.05, 3.63) is 51.3 Å². The van der Waals surface area contributed by atoms with Crippen molar-refractivity contribution in [3.63, 3.8) is 0 Å². The van der Waals surface area contributed by atoms with Gasteiger partial charge >= 0.3 is 0 Å². The molecule has 10 heteroatoms. The zero-order chi connectivity index (χ0) is 18.7. The number of benzene rings is 1. The first-order chi connectivity index (χ1) is 12.5. The Balaban J connectivity index is 1.62. The predicted octanol–water partition coefficient (Wildman–Crippen LogP) is 3.74. The van der Waals surface area contributed by atoms with Crippen molar-refractivity contribution in [2.24, 2.45) is 0 Å². The summed E-state index contributed by atoms with van der Waals surface area (Å²) < 4.78 is 2.45. The smallest absolute Gasteiger partial charge is 0.270 e. The van der Waals surface area contributed by atoms with Crippen LogP contribution in [0.25, 0.3) is 0 Å². The lowest BCUT2D eigenvalue weighted by Gasteiger charge is -2.08. The fourth-order valence-electron chi connectivity index (χ4n) is 2.39. The maximum atomic E-state index is 12.2. The summed E-state index contributed by atoms with van der Waals surface area (Å²) in [4.78, 5) is 22.5. The Hall–Kier alpha value is -2.20. The van der Waals surface area contributed by atoms with Crippen LogP contribution in [0.1, 0.15) is 24.6 Å². The molecule has 136 valence electrons. The SMILES string of the molecule is C=CCn1c(SCC(=O)Nc2ccc([N+](=O)[O-])cc2Br)nnc1C1CC1. The lowest BCUT2D eigenvalue weighted by Crippen LogP contribution is -2.15. The molecule has 1 amide bonds. The van der Waals surface area contributed by atoms with Crippen LogP contribution in [0.5, 0.6) is 0 Å². The average molecular weight is 438 g/mol. The molecular formula is C16H16BrN5O3S. The number of hydrogen-bond acceptors (Lipinski definition) is 6. The highest BCUT2D eigenvalue weighted by Gasteiger charge is 2.30. The van der Waals surface area contributed by atoms with Gasteiger partial charge in [0.2, 0.25) is 5.91 Å². The number of amides is 1. The number of nitro benzene ring substituents is 1. The summed E-state index contributed by atoms with van der Waals surface area (Å²) in [6.07, 6.45) is 4.02. The Bertz CT molecular complexity index is 866. The number of halogens is 1. The topological polar surface area (TPSA) is 103 Å². The fourth-order valence-corrected chi connectivity index (χ4v) is 3.61. The number of carbonyl (C=O) groups is 1. The number of rotatable bonds is 8. The van der Waals surface area contributed by atoms with Gasteiger partial charge in [-0.25, -0.2) is 0 Å². The Morgan fingerprint density at radius 2 is 2.27 bits per heavy atom. The van der Waals surface area contributed by atoms with Crippen LogP contribution < -0.4 is 5.32 Å². The quantitative estimate of drug-likeness (QED) is 0.292. The molecule has 0 bridgehead atoms. The Kier molecular flexibility index (Phi) is 5.72. The van der Waals surface area contributed by atoms with Crippen molar-refractivity contribution in [1.29, 1.82) is 0 Å². The van der Waals surface area contributed by atoms with Crippen LogP contribution in [0.3, 0.4) is 0 Å². The van der Waals surface area contributed by atoms with Gasteiger partial charge in [-0.15, -0.1) is 16.8 Å². The van der Waals surface area contributed by atoms with Crippen molar-refractivity contribution in [1.82, 2.24) is 14.8 Å². The van der Waals surface area contributed by atoms with E-state index in [2.05, 4.69) is 38.0 Å². The largest absolute Gasteiger partial charge is 0.324 e. The standard InChI is InChI=1S/C16H16BrN5O3S/c1-2-7-21-15(10-3-4-10)19-20-16(21)26-9-14(23)18-13-6-5-11(22(24)25)8-12(13)17/h2,5-6,8,10H,1,3-4,7,9H2,(H,18,23). The second-order valence-electron chi connectivity index (χ2n) is 5.77. The van der Waals surface area contributed by atoms with E-state index in [1.54, 1.807) is 6.08 Å². The zero-order valence-corrected chi connectivity index (χ0v) is 16.1. The number of hydrogen-bond donors (Lipinski definition) is 1. The second-order valence-corrected chi connectivity index (χ2v) is 7.57. The molecule has 0 radical (unpaired) electrons. The van der Waals surface area contributed by atoms with Gasteiger partial charge < -0.3 is 9.88 Å². The maximum Gasteiger partial charge on any atom is 0.270 e. The van der Waals surface area contributed by atoms with Crippen LogP contribution in [0.15, 0.2) is 40.5 Å². The minimum absolute atomic E-state index is 0.0469. The van der Waals surface area contributed by atoms with Gasteiger partial charge in [0.05, 0.1) is 16.4 Å². The van der Waals surface area contributed by atoms with Gasteiger partial charge in [-0.2, -0.15) is 0 Å². The molecule has 1 aliphatic rings. The minimum Gasteiger partial charge on any atom is -0.324 e. The van der Waals surface area contributed by atoms with E-state index in [4.69, 9.17) is 0 Å². The van der Waals surface area contributed by atoms with Gasteiger partial charge in [0.15, 0.2) is 5.16 Å². The number of allylic oxidation sites excluding steroid dienone is 1. The molecule has 1 aromatic carbocycles. The molecule has 0 saturated heterocycles. The van der Waals surface area contributed by atoms with Crippen LogP contribution in [-0.4, -0.2) is 31.3 Å². The molecule has 8 nitrogen and oxygen atoms in total. The van der Waals surface area contributed by atoms with E-state index in [0.29, 0.717) is 27.8 Å². The molecule has 1 N–H and O–H groups in total. The summed E-state index contributed by atoms with van der Waals surface area (Å²) in [6, 6.07) is 4.19. The van der Waals surface area contributed by atoms with E-state index in [-0.39, 0.29) is 17.3 Å². The van der Waals surface area contributed by atoms with Crippen LogP contribution in [0, 0.1) is 10.1 Å². The van der Waals surface area contributed by atoms with Crippen LogP contribution in [-0.2, 0) is 11.3 Å². The second kappa shape index (κ2) is 8.00.